The van der Waals surface area contributed by atoms with Gasteiger partial charge in [0, 0.05) is 21.7 Å². The van der Waals surface area contributed by atoms with Gasteiger partial charge in [-0.25, -0.2) is 9.37 Å². The molecule has 3 nitrogen and oxygen atoms in total. The highest BCUT2D eigenvalue weighted by molar-refractivity contribution is 6.47. The van der Waals surface area contributed by atoms with Crippen molar-refractivity contribution in [1.82, 2.24) is 4.98 Å². The summed E-state index contributed by atoms with van der Waals surface area (Å²) in [6.07, 6.45) is 4.07. The Morgan fingerprint density at radius 2 is 1.54 bits per heavy atom. The summed E-state index contributed by atoms with van der Waals surface area (Å²) >= 11 is 0. The Hall–Kier alpha value is -3.76. The summed E-state index contributed by atoms with van der Waals surface area (Å²) in [5, 5.41) is 15.9. The summed E-state index contributed by atoms with van der Waals surface area (Å²) < 4.78 is 19.9. The molecule has 0 atom stereocenters. The van der Waals surface area contributed by atoms with Crippen molar-refractivity contribution in [2.24, 2.45) is 0 Å². The largest absolute Gasteiger partial charge is 0.427 e. The fraction of sp³-hybridized carbons (Fsp3) is 0.188. The smallest absolute Gasteiger partial charge is 0.330 e. The molecular formula is C32H26BFNO2. The van der Waals surface area contributed by atoms with E-state index in [1.54, 1.807) is 33.5 Å². The second kappa shape index (κ2) is 8.39. The number of fused-ring (bicyclic) bond motifs is 8. The van der Waals surface area contributed by atoms with Crippen LogP contribution < -0.4 is 5.46 Å². The molecule has 1 heterocycles. The monoisotopic (exact) mass is 486 g/mol. The van der Waals surface area contributed by atoms with Gasteiger partial charge in [-0.15, -0.1) is 5.73 Å². The molecule has 1 aliphatic carbocycles. The Balaban J connectivity index is 1.63. The Morgan fingerprint density at radius 3 is 2.27 bits per heavy atom. The third-order valence-corrected chi connectivity index (χ3v) is 7.59. The zero-order valence-electron chi connectivity index (χ0n) is 21.3. The second-order valence-corrected chi connectivity index (χ2v) is 10.6. The number of benzene rings is 4. The van der Waals surface area contributed by atoms with Crippen LogP contribution in [0.4, 0.5) is 4.39 Å². The standard InChI is InChI=1S/C32H26BFNO2/c1-31(2,36)32(3,4)37-33-20-14-17-26-27(18-20)35-30(19-12-15-21(34)16-13-19)29-25-9-6-5-8-22(25)23-10-7-11-24(23)28(26)29/h5-6,8-18,36H,1-4H3. The molecule has 37 heavy (non-hydrogen) atoms. The van der Waals surface area contributed by atoms with Crippen molar-refractivity contribution in [1.29, 1.82) is 0 Å². The van der Waals surface area contributed by atoms with Crippen molar-refractivity contribution in [3.05, 3.63) is 89.4 Å². The minimum atomic E-state index is -1.02. The highest BCUT2D eigenvalue weighted by Gasteiger charge is 2.35. The highest BCUT2D eigenvalue weighted by atomic mass is 19.1. The van der Waals surface area contributed by atoms with E-state index in [1.807, 2.05) is 50.3 Å². The fourth-order valence-electron chi connectivity index (χ4n) is 4.80. The van der Waals surface area contributed by atoms with Gasteiger partial charge in [0.05, 0.1) is 22.4 Å². The number of hydrogen-bond donors (Lipinski definition) is 1. The number of hydrogen-bond acceptors (Lipinski definition) is 3. The summed E-state index contributed by atoms with van der Waals surface area (Å²) in [5.74, 6) is -0.282. The first-order valence-corrected chi connectivity index (χ1v) is 12.4. The summed E-state index contributed by atoms with van der Waals surface area (Å²) in [5.41, 5.74) is 7.05. The molecule has 1 radical (unpaired) electrons. The van der Waals surface area contributed by atoms with Crippen LogP contribution in [0, 0.1) is 5.82 Å². The van der Waals surface area contributed by atoms with Crippen LogP contribution in [0.3, 0.4) is 0 Å². The van der Waals surface area contributed by atoms with Crippen molar-refractivity contribution < 1.29 is 14.2 Å². The molecule has 1 aliphatic rings. The molecule has 0 aliphatic heterocycles. The van der Waals surface area contributed by atoms with Gasteiger partial charge in [-0.05, 0) is 92.1 Å². The molecule has 6 rings (SSSR count). The number of halogens is 1. The van der Waals surface area contributed by atoms with E-state index in [1.165, 1.54) is 12.1 Å². The molecule has 1 aromatic heterocycles. The van der Waals surface area contributed by atoms with Crippen LogP contribution >= 0.6 is 0 Å². The van der Waals surface area contributed by atoms with Gasteiger partial charge in [0.1, 0.15) is 5.82 Å². The van der Waals surface area contributed by atoms with E-state index in [2.05, 4.69) is 23.9 Å². The third-order valence-electron chi connectivity index (χ3n) is 7.59. The average molecular weight is 486 g/mol. The van der Waals surface area contributed by atoms with Crippen LogP contribution in [0.5, 0.6) is 0 Å². The number of aromatic nitrogens is 1. The summed E-state index contributed by atoms with van der Waals surface area (Å²) in [7, 11) is 1.67. The van der Waals surface area contributed by atoms with Crippen molar-refractivity contribution in [2.75, 3.05) is 0 Å². The van der Waals surface area contributed by atoms with Crippen molar-refractivity contribution in [3.63, 3.8) is 0 Å². The lowest BCUT2D eigenvalue weighted by atomic mass is 9.81. The normalized spacial score (nSPS) is 13.1. The zero-order valence-corrected chi connectivity index (χ0v) is 21.3. The molecule has 0 bridgehead atoms. The summed E-state index contributed by atoms with van der Waals surface area (Å²) in [6, 6.07) is 20.9. The molecule has 0 saturated heterocycles. The maximum atomic E-state index is 13.8. The molecule has 4 aromatic carbocycles. The Labute approximate surface area is 216 Å². The van der Waals surface area contributed by atoms with Gasteiger partial charge in [-0.3, -0.25) is 0 Å². The van der Waals surface area contributed by atoms with Gasteiger partial charge in [0.25, 0.3) is 0 Å². The van der Waals surface area contributed by atoms with Gasteiger partial charge in [0.2, 0.25) is 0 Å². The predicted molar refractivity (Wildman–Crippen MR) is 151 cm³/mol. The molecule has 0 unspecified atom stereocenters. The van der Waals surface area contributed by atoms with Gasteiger partial charge in [-0.2, -0.15) is 0 Å². The van der Waals surface area contributed by atoms with Crippen LogP contribution in [0.1, 0.15) is 38.8 Å². The molecule has 5 aromatic rings. The Bertz CT molecular complexity index is 1780. The lowest BCUT2D eigenvalue weighted by Crippen LogP contribution is -2.49. The van der Waals surface area contributed by atoms with Gasteiger partial charge < -0.3 is 9.76 Å². The van der Waals surface area contributed by atoms with Crippen LogP contribution in [0.15, 0.2) is 72.5 Å². The first kappa shape index (κ1) is 23.6. The molecule has 1 N–H and O–H groups in total. The van der Waals surface area contributed by atoms with E-state index >= 15 is 0 Å². The molecule has 0 saturated carbocycles. The SMILES string of the molecule is CC(C)(O)C(C)(C)O[B]c1ccc2c(c1)nc(-c1ccc(F)cc1)c1c3ccccc3c3c(c21)C=C=C3. The molecule has 5 heteroatoms. The van der Waals surface area contributed by atoms with E-state index in [0.29, 0.717) is 0 Å². The van der Waals surface area contributed by atoms with E-state index in [4.69, 9.17) is 9.64 Å². The molecule has 0 spiro atoms. The van der Waals surface area contributed by atoms with E-state index in [0.717, 1.165) is 60.3 Å². The number of pyridine rings is 1. The van der Waals surface area contributed by atoms with E-state index < -0.39 is 11.2 Å². The number of aliphatic hydroxyl groups is 1. The minimum Gasteiger partial charge on any atom is -0.427 e. The summed E-state index contributed by atoms with van der Waals surface area (Å²) in [4.78, 5) is 5.14. The van der Waals surface area contributed by atoms with Gasteiger partial charge >= 0.3 is 7.48 Å². The number of nitrogens with zero attached hydrogens (tertiary/aromatic N) is 1. The summed E-state index contributed by atoms with van der Waals surface area (Å²) in [6.45, 7) is 7.18. The second-order valence-electron chi connectivity index (χ2n) is 10.6. The predicted octanol–water partition coefficient (Wildman–Crippen LogP) is 6.80. The maximum Gasteiger partial charge on any atom is 0.330 e. The first-order chi connectivity index (χ1) is 17.6. The maximum absolute atomic E-state index is 13.8. The molecule has 181 valence electrons. The third kappa shape index (κ3) is 3.88. The van der Waals surface area contributed by atoms with Crippen LogP contribution in [0.2, 0.25) is 0 Å². The minimum absolute atomic E-state index is 0.282. The lowest BCUT2D eigenvalue weighted by molar-refractivity contribution is -0.0893. The van der Waals surface area contributed by atoms with Gasteiger partial charge in [-0.1, -0.05) is 41.9 Å². The quantitative estimate of drug-likeness (QED) is 0.166. The molecular weight excluding hydrogens is 460 g/mol. The lowest BCUT2D eigenvalue weighted by Gasteiger charge is -2.37. The zero-order chi connectivity index (χ0) is 25.9. The van der Waals surface area contributed by atoms with Crippen molar-refractivity contribution >= 4 is 57.5 Å². The van der Waals surface area contributed by atoms with Crippen LogP contribution in [0.25, 0.3) is 55.9 Å². The molecule has 0 fully saturated rings. The van der Waals surface area contributed by atoms with Crippen molar-refractivity contribution in [3.8, 4) is 11.3 Å². The van der Waals surface area contributed by atoms with Gasteiger partial charge in [0.15, 0.2) is 0 Å². The fourth-order valence-corrected chi connectivity index (χ4v) is 4.80. The Kier molecular flexibility index (Phi) is 5.36. The molecule has 0 amide bonds. The highest BCUT2D eigenvalue weighted by Crippen LogP contribution is 2.43. The van der Waals surface area contributed by atoms with Crippen molar-refractivity contribution in [2.45, 2.75) is 38.9 Å². The number of rotatable bonds is 5. The average Bonchev–Trinajstić information content (AvgIpc) is 3.37. The topological polar surface area (TPSA) is 42.4 Å². The first-order valence-electron chi connectivity index (χ1n) is 12.4. The van der Waals surface area contributed by atoms with E-state index in [9.17, 15) is 9.50 Å². The Morgan fingerprint density at radius 1 is 0.838 bits per heavy atom. The van der Waals surface area contributed by atoms with Crippen LogP contribution in [-0.4, -0.2) is 28.8 Å². The van der Waals surface area contributed by atoms with Crippen LogP contribution in [-0.2, 0) is 4.65 Å². The van der Waals surface area contributed by atoms with E-state index in [-0.39, 0.29) is 5.82 Å².